The molecule has 208 valence electrons. The Labute approximate surface area is 227 Å². The molecular formula is C29H44N6O3. The molecule has 0 bridgehead atoms. The lowest BCUT2D eigenvalue weighted by molar-refractivity contribution is 0.00340. The third kappa shape index (κ3) is 7.37. The van der Waals surface area contributed by atoms with E-state index in [2.05, 4.69) is 15.7 Å². The minimum atomic E-state index is -0.513. The van der Waals surface area contributed by atoms with Gasteiger partial charge in [0.2, 0.25) is 0 Å². The maximum absolute atomic E-state index is 12.2. The molecule has 0 radical (unpaired) electrons. The van der Waals surface area contributed by atoms with Crippen molar-refractivity contribution in [2.45, 2.75) is 98.1 Å². The van der Waals surface area contributed by atoms with Crippen molar-refractivity contribution in [2.75, 3.05) is 7.11 Å². The van der Waals surface area contributed by atoms with Crippen molar-refractivity contribution in [2.24, 2.45) is 15.8 Å². The van der Waals surface area contributed by atoms with Crippen LogP contribution in [0.5, 0.6) is 0 Å². The van der Waals surface area contributed by atoms with Crippen molar-refractivity contribution in [1.29, 1.82) is 0 Å². The van der Waals surface area contributed by atoms with Crippen molar-refractivity contribution >= 4 is 23.8 Å². The Morgan fingerprint density at radius 3 is 2.34 bits per heavy atom. The third-order valence-electron chi connectivity index (χ3n) is 6.79. The number of alkyl carbamates (subject to hydrolysis) is 1. The van der Waals surface area contributed by atoms with E-state index in [9.17, 15) is 4.79 Å². The van der Waals surface area contributed by atoms with Gasteiger partial charge < -0.3 is 25.8 Å². The highest BCUT2D eigenvalue weighted by atomic mass is 16.6. The lowest BCUT2D eigenvalue weighted by Crippen LogP contribution is -2.45. The maximum Gasteiger partial charge on any atom is 0.407 e. The smallest absolute Gasteiger partial charge is 0.407 e. The van der Waals surface area contributed by atoms with Gasteiger partial charge in [0.1, 0.15) is 17.7 Å². The predicted octanol–water partition coefficient (Wildman–Crippen LogP) is 5.17. The first-order chi connectivity index (χ1) is 17.9. The normalized spacial score (nSPS) is 22.5. The molecular weight excluding hydrogens is 480 g/mol. The van der Waals surface area contributed by atoms with Gasteiger partial charge in [-0.25, -0.2) is 14.8 Å². The van der Waals surface area contributed by atoms with Crippen LogP contribution in [-0.2, 0) is 9.47 Å². The molecule has 2 aliphatic rings. The van der Waals surface area contributed by atoms with E-state index in [1.54, 1.807) is 13.3 Å². The number of ether oxygens (including phenoxy) is 2. The predicted molar refractivity (Wildman–Crippen MR) is 153 cm³/mol. The zero-order valence-electron chi connectivity index (χ0n) is 24.1. The van der Waals surface area contributed by atoms with E-state index in [1.807, 2.05) is 77.8 Å². The number of amides is 1. The van der Waals surface area contributed by atoms with Gasteiger partial charge in [-0.15, -0.1) is 0 Å². The van der Waals surface area contributed by atoms with E-state index in [4.69, 9.17) is 20.2 Å². The molecule has 3 rings (SSSR count). The second-order valence-corrected chi connectivity index (χ2v) is 11.0. The fourth-order valence-corrected chi connectivity index (χ4v) is 4.73. The lowest BCUT2D eigenvalue weighted by atomic mass is 9.90. The van der Waals surface area contributed by atoms with Gasteiger partial charge in [-0.2, -0.15) is 5.10 Å². The van der Waals surface area contributed by atoms with Crippen LogP contribution in [0.2, 0.25) is 0 Å². The van der Waals surface area contributed by atoms with Gasteiger partial charge in [0.15, 0.2) is 0 Å². The first kappa shape index (κ1) is 29.2. The molecule has 1 atom stereocenters. The van der Waals surface area contributed by atoms with E-state index < -0.39 is 5.60 Å². The number of para-hydroxylation sites is 1. The Morgan fingerprint density at radius 2 is 1.79 bits per heavy atom. The maximum atomic E-state index is 12.2. The summed E-state index contributed by atoms with van der Waals surface area (Å²) in [6.07, 6.45) is 6.62. The zero-order valence-corrected chi connectivity index (χ0v) is 24.1. The molecule has 9 heteroatoms. The topological polar surface area (TPSA) is 114 Å². The van der Waals surface area contributed by atoms with Crippen LogP contribution in [0.25, 0.3) is 0 Å². The van der Waals surface area contributed by atoms with Crippen molar-refractivity contribution in [1.82, 2.24) is 15.6 Å². The number of aryl methyl sites for hydroxylation is 2. The Balaban J connectivity index is 1.85. The van der Waals surface area contributed by atoms with Gasteiger partial charge in [0.05, 0.1) is 28.9 Å². The Hall–Kier alpha value is -3.33. The summed E-state index contributed by atoms with van der Waals surface area (Å²) in [5.74, 6) is 0.401. The first-order valence-corrected chi connectivity index (χ1v) is 13.4. The molecule has 1 heterocycles. The second kappa shape index (κ2) is 12.5. The summed E-state index contributed by atoms with van der Waals surface area (Å²) in [7, 11) is 1.66. The van der Waals surface area contributed by atoms with Gasteiger partial charge in [0, 0.05) is 19.2 Å². The Morgan fingerprint density at radius 1 is 1.18 bits per heavy atom. The molecule has 4 N–H and O–H groups in total. The summed E-state index contributed by atoms with van der Waals surface area (Å²) >= 11 is 0. The van der Waals surface area contributed by atoms with E-state index >= 15 is 0 Å². The molecule has 1 fully saturated rings. The number of methoxy groups -OCH3 is 1. The van der Waals surface area contributed by atoms with Crippen LogP contribution in [0.4, 0.5) is 10.5 Å². The first-order valence-electron chi connectivity index (χ1n) is 13.4. The summed E-state index contributed by atoms with van der Waals surface area (Å²) in [6.45, 7) is 13.6. The highest BCUT2D eigenvalue weighted by Gasteiger charge is 2.30. The number of carbonyl (C=O) groups is 1. The molecule has 9 nitrogen and oxygen atoms in total. The Kier molecular flexibility index (Phi) is 9.60. The molecule has 1 unspecified atom stereocenters. The Bertz CT molecular complexity index is 1100. The van der Waals surface area contributed by atoms with Crippen LogP contribution in [-0.4, -0.2) is 54.2 Å². The average molecular weight is 525 g/mol. The van der Waals surface area contributed by atoms with Gasteiger partial charge in [-0.05, 0) is 85.3 Å². The molecule has 0 spiro atoms. The number of allylic oxidation sites excluding steroid dienone is 1. The number of aliphatic imine (C=N–C) groups is 1. The minimum absolute atomic E-state index is 0.0890. The fraction of sp³-hybridized carbons (Fsp3) is 0.552. The quantitative estimate of drug-likeness (QED) is 0.335. The second-order valence-electron chi connectivity index (χ2n) is 11.0. The molecule has 1 aromatic rings. The molecule has 1 aliphatic heterocycles. The minimum Gasteiger partial charge on any atom is -0.444 e. The number of hydrogen-bond donors (Lipinski definition) is 3. The van der Waals surface area contributed by atoms with Crippen molar-refractivity contribution < 1.29 is 14.3 Å². The highest BCUT2D eigenvalue weighted by Crippen LogP contribution is 2.29. The van der Waals surface area contributed by atoms with Crippen LogP contribution < -0.4 is 16.4 Å². The summed E-state index contributed by atoms with van der Waals surface area (Å²) in [6, 6.07) is 6.37. The fourth-order valence-electron chi connectivity index (χ4n) is 4.73. The number of hydrogen-bond acceptors (Lipinski definition) is 7. The summed E-state index contributed by atoms with van der Waals surface area (Å²) in [4.78, 5) is 17.1. The number of hydrazone groups is 1. The molecule has 38 heavy (non-hydrogen) atoms. The molecule has 0 saturated heterocycles. The number of benzene rings is 1. The van der Waals surface area contributed by atoms with Crippen LogP contribution in [0.3, 0.4) is 0 Å². The van der Waals surface area contributed by atoms with Crippen molar-refractivity contribution in [3.8, 4) is 0 Å². The van der Waals surface area contributed by atoms with Crippen LogP contribution in [0.1, 0.15) is 71.4 Å². The SMILES string of the molecule is C/C=C1C(N[C@H]2CC[C@H](NC(=O)OC(C)(C)C)CC2)=C(/C(N)=N/c2c(C)cccc2C)C=NN/1C(C)OC. The highest BCUT2D eigenvalue weighted by molar-refractivity contribution is 6.16. The number of nitrogens with zero attached hydrogens (tertiary/aromatic N) is 3. The summed E-state index contributed by atoms with van der Waals surface area (Å²) in [5, 5.41) is 13.3. The molecule has 1 aromatic carbocycles. The van der Waals surface area contributed by atoms with Gasteiger partial charge in [-0.3, -0.25) is 0 Å². The van der Waals surface area contributed by atoms with Crippen LogP contribution >= 0.6 is 0 Å². The summed E-state index contributed by atoms with van der Waals surface area (Å²) < 4.78 is 11.0. The van der Waals surface area contributed by atoms with Crippen LogP contribution in [0, 0.1) is 13.8 Å². The lowest BCUT2D eigenvalue weighted by Gasteiger charge is -2.36. The van der Waals surface area contributed by atoms with E-state index in [0.717, 1.165) is 59.5 Å². The number of amidine groups is 1. The number of carbonyl (C=O) groups excluding carboxylic acids is 1. The zero-order chi connectivity index (χ0) is 28.0. The average Bonchev–Trinajstić information content (AvgIpc) is 2.85. The third-order valence-corrected chi connectivity index (χ3v) is 6.79. The van der Waals surface area contributed by atoms with E-state index in [1.165, 1.54) is 0 Å². The number of nitrogens with two attached hydrogens (primary N) is 1. The molecule has 1 aliphatic carbocycles. The van der Waals surface area contributed by atoms with Crippen molar-refractivity contribution in [3.63, 3.8) is 0 Å². The van der Waals surface area contributed by atoms with E-state index in [-0.39, 0.29) is 24.4 Å². The summed E-state index contributed by atoms with van der Waals surface area (Å²) in [5.41, 5.74) is 11.6. The van der Waals surface area contributed by atoms with E-state index in [0.29, 0.717) is 5.84 Å². The van der Waals surface area contributed by atoms with Gasteiger partial charge >= 0.3 is 6.09 Å². The number of rotatable bonds is 7. The molecule has 0 aromatic heterocycles. The van der Waals surface area contributed by atoms with Gasteiger partial charge in [-0.1, -0.05) is 24.3 Å². The number of nitrogens with one attached hydrogen (secondary N) is 2. The molecule has 1 saturated carbocycles. The van der Waals surface area contributed by atoms with Crippen LogP contribution in [0.15, 0.2) is 51.3 Å². The van der Waals surface area contributed by atoms with Crippen molar-refractivity contribution in [3.05, 3.63) is 52.4 Å². The monoisotopic (exact) mass is 524 g/mol. The largest absolute Gasteiger partial charge is 0.444 e. The van der Waals surface area contributed by atoms with Gasteiger partial charge in [0.25, 0.3) is 0 Å². The standard InChI is InChI=1S/C29H44N6O3/c1-9-24-26(32-21-13-15-22(16-14-21)33-28(36)38-29(5,6)7)23(17-31-35(24)20(4)37-8)27(30)34-25-18(2)11-10-12-19(25)3/h9-12,17,20-22,32H,13-16H2,1-8H3,(H2,30,34)(H,33,36)/b24-9-/t20?,21-,22-. The molecule has 1 amide bonds.